The lowest BCUT2D eigenvalue weighted by atomic mass is 10.1. The summed E-state index contributed by atoms with van der Waals surface area (Å²) in [6.45, 7) is 0. The number of nitrogens with zero attached hydrogens (tertiary/aromatic N) is 1. The van der Waals surface area contributed by atoms with Gasteiger partial charge in [0.2, 0.25) is 5.91 Å². The van der Waals surface area contributed by atoms with E-state index in [0.717, 1.165) is 11.3 Å². The van der Waals surface area contributed by atoms with E-state index in [0.29, 0.717) is 34.3 Å². The number of anilines is 2. The fourth-order valence-electron chi connectivity index (χ4n) is 3.62. The molecule has 0 spiro atoms. The summed E-state index contributed by atoms with van der Waals surface area (Å²) in [5.74, 6) is 1.86. The highest BCUT2D eigenvalue weighted by Crippen LogP contribution is 2.43. The van der Waals surface area contributed by atoms with Crippen molar-refractivity contribution in [3.8, 4) is 17.2 Å². The second-order valence-corrected chi connectivity index (χ2v) is 8.38. The zero-order chi connectivity index (χ0) is 23.4. The molecule has 1 heterocycles. The summed E-state index contributed by atoms with van der Waals surface area (Å²) >= 11 is 1.54. The number of amides is 2. The van der Waals surface area contributed by atoms with E-state index in [1.807, 2.05) is 48.5 Å². The molecule has 1 atom stereocenters. The molecule has 2 amide bonds. The van der Waals surface area contributed by atoms with Crippen LogP contribution in [0.25, 0.3) is 0 Å². The molecule has 1 aliphatic heterocycles. The molecule has 3 aromatic rings. The Morgan fingerprint density at radius 1 is 0.909 bits per heavy atom. The molecule has 1 aliphatic rings. The lowest BCUT2D eigenvalue weighted by Crippen LogP contribution is -2.27. The van der Waals surface area contributed by atoms with Crippen molar-refractivity contribution in [2.45, 2.75) is 5.37 Å². The van der Waals surface area contributed by atoms with E-state index in [4.69, 9.17) is 14.2 Å². The molecule has 8 heteroatoms. The highest BCUT2D eigenvalue weighted by atomic mass is 32.2. The Balaban J connectivity index is 1.58. The zero-order valence-electron chi connectivity index (χ0n) is 18.5. The van der Waals surface area contributed by atoms with E-state index in [-0.39, 0.29) is 17.2 Å². The first-order valence-corrected chi connectivity index (χ1v) is 11.3. The molecular weight excluding hydrogens is 440 g/mol. The molecule has 7 nitrogen and oxygen atoms in total. The largest absolute Gasteiger partial charge is 0.497 e. The monoisotopic (exact) mass is 464 g/mol. The van der Waals surface area contributed by atoms with Gasteiger partial charge in [-0.2, -0.15) is 0 Å². The number of rotatable bonds is 7. The molecule has 4 rings (SSSR count). The van der Waals surface area contributed by atoms with Gasteiger partial charge in [-0.3, -0.25) is 14.5 Å². The zero-order valence-corrected chi connectivity index (χ0v) is 19.3. The van der Waals surface area contributed by atoms with Gasteiger partial charge in [-0.1, -0.05) is 18.2 Å². The molecule has 0 saturated carbocycles. The maximum Gasteiger partial charge on any atom is 0.255 e. The highest BCUT2D eigenvalue weighted by Gasteiger charge is 2.34. The number of hydrogen-bond acceptors (Lipinski definition) is 6. The van der Waals surface area contributed by atoms with Gasteiger partial charge in [0.15, 0.2) is 0 Å². The molecule has 33 heavy (non-hydrogen) atoms. The number of hydrogen-bond donors (Lipinski definition) is 1. The van der Waals surface area contributed by atoms with Crippen LogP contribution in [0.4, 0.5) is 11.4 Å². The lowest BCUT2D eigenvalue weighted by molar-refractivity contribution is -0.115. The standard InChI is InChI=1S/C25H24N2O5S/c1-30-20-9-5-8-19(13-20)27-23(28)15-33-25(27)16-6-4-7-18(10-16)26-24(29)17-11-21(31-2)14-22(12-17)32-3/h4-14,25H,15H2,1-3H3,(H,26,29). The molecular formula is C25H24N2O5S. The summed E-state index contributed by atoms with van der Waals surface area (Å²) in [6.07, 6.45) is 0. The van der Waals surface area contributed by atoms with Crippen molar-refractivity contribution in [2.75, 3.05) is 37.3 Å². The Kier molecular flexibility index (Phi) is 6.74. The van der Waals surface area contributed by atoms with Crippen molar-refractivity contribution in [1.82, 2.24) is 0 Å². The summed E-state index contributed by atoms with van der Waals surface area (Å²) < 4.78 is 15.8. The van der Waals surface area contributed by atoms with Gasteiger partial charge >= 0.3 is 0 Å². The fourth-order valence-corrected chi connectivity index (χ4v) is 4.79. The van der Waals surface area contributed by atoms with E-state index in [1.165, 1.54) is 14.2 Å². The minimum atomic E-state index is -0.288. The van der Waals surface area contributed by atoms with Crippen LogP contribution in [0.15, 0.2) is 66.7 Å². The second kappa shape index (κ2) is 9.87. The van der Waals surface area contributed by atoms with Crippen molar-refractivity contribution in [3.63, 3.8) is 0 Å². The van der Waals surface area contributed by atoms with Crippen molar-refractivity contribution in [1.29, 1.82) is 0 Å². The second-order valence-electron chi connectivity index (χ2n) is 7.31. The molecule has 0 radical (unpaired) electrons. The van der Waals surface area contributed by atoms with Crippen molar-refractivity contribution in [3.05, 3.63) is 77.9 Å². The molecule has 1 fully saturated rings. The van der Waals surface area contributed by atoms with Gasteiger partial charge in [0.05, 0.1) is 27.1 Å². The van der Waals surface area contributed by atoms with Gasteiger partial charge in [0, 0.05) is 29.1 Å². The lowest BCUT2D eigenvalue weighted by Gasteiger charge is -2.25. The van der Waals surface area contributed by atoms with E-state index in [2.05, 4.69) is 5.32 Å². The Labute approximate surface area is 196 Å². The number of nitrogens with one attached hydrogen (secondary N) is 1. The molecule has 1 saturated heterocycles. The van der Waals surface area contributed by atoms with E-state index in [9.17, 15) is 9.59 Å². The summed E-state index contributed by atoms with van der Waals surface area (Å²) in [5.41, 5.74) is 2.73. The van der Waals surface area contributed by atoms with Crippen LogP contribution in [-0.2, 0) is 4.79 Å². The van der Waals surface area contributed by atoms with Gasteiger partial charge in [0.1, 0.15) is 22.6 Å². The third-order valence-electron chi connectivity index (χ3n) is 5.24. The normalized spacial score (nSPS) is 15.3. The van der Waals surface area contributed by atoms with Gasteiger partial charge in [0.25, 0.3) is 5.91 Å². The minimum Gasteiger partial charge on any atom is -0.497 e. The van der Waals surface area contributed by atoms with Crippen molar-refractivity contribution < 1.29 is 23.8 Å². The van der Waals surface area contributed by atoms with Crippen LogP contribution in [0, 0.1) is 0 Å². The summed E-state index contributed by atoms with van der Waals surface area (Å²) in [6, 6.07) is 20.0. The SMILES string of the molecule is COc1cc(OC)cc(C(=O)Nc2cccc(C3SCC(=O)N3c3cccc(OC)c3)c2)c1. The number of benzene rings is 3. The van der Waals surface area contributed by atoms with Gasteiger partial charge < -0.3 is 19.5 Å². The molecule has 0 aliphatic carbocycles. The summed E-state index contributed by atoms with van der Waals surface area (Å²) in [5, 5.41) is 2.72. The highest BCUT2D eigenvalue weighted by molar-refractivity contribution is 8.00. The number of methoxy groups -OCH3 is 3. The first-order chi connectivity index (χ1) is 16.0. The van der Waals surface area contributed by atoms with Crippen LogP contribution in [0.5, 0.6) is 17.2 Å². The minimum absolute atomic E-state index is 0.0242. The number of carbonyl (C=O) groups is 2. The summed E-state index contributed by atoms with van der Waals surface area (Å²) in [7, 11) is 4.67. The quantitative estimate of drug-likeness (QED) is 0.544. The maximum atomic E-state index is 12.9. The number of carbonyl (C=O) groups excluding carboxylic acids is 2. The fraction of sp³-hybridized carbons (Fsp3) is 0.200. The average molecular weight is 465 g/mol. The Hall–Kier alpha value is -3.65. The Morgan fingerprint density at radius 3 is 2.30 bits per heavy atom. The predicted molar refractivity (Wildman–Crippen MR) is 130 cm³/mol. The van der Waals surface area contributed by atoms with E-state index >= 15 is 0 Å². The van der Waals surface area contributed by atoms with Crippen LogP contribution >= 0.6 is 11.8 Å². The van der Waals surface area contributed by atoms with Crippen LogP contribution in [0.3, 0.4) is 0 Å². The number of ether oxygens (including phenoxy) is 3. The average Bonchev–Trinajstić information content (AvgIpc) is 3.25. The third kappa shape index (κ3) is 4.90. The van der Waals surface area contributed by atoms with Crippen LogP contribution < -0.4 is 24.4 Å². The molecule has 0 aromatic heterocycles. The van der Waals surface area contributed by atoms with Crippen LogP contribution in [-0.4, -0.2) is 38.9 Å². The van der Waals surface area contributed by atoms with Gasteiger partial charge in [-0.15, -0.1) is 11.8 Å². The molecule has 0 bridgehead atoms. The van der Waals surface area contributed by atoms with E-state index < -0.39 is 0 Å². The first-order valence-electron chi connectivity index (χ1n) is 10.2. The Bertz CT molecular complexity index is 1160. The summed E-state index contributed by atoms with van der Waals surface area (Å²) in [4.78, 5) is 27.3. The topological polar surface area (TPSA) is 77.1 Å². The van der Waals surface area contributed by atoms with Crippen molar-refractivity contribution in [2.24, 2.45) is 0 Å². The van der Waals surface area contributed by atoms with Gasteiger partial charge in [-0.25, -0.2) is 0 Å². The van der Waals surface area contributed by atoms with Crippen LogP contribution in [0.2, 0.25) is 0 Å². The maximum absolute atomic E-state index is 12.9. The predicted octanol–water partition coefficient (Wildman–Crippen LogP) is 4.74. The Morgan fingerprint density at radius 2 is 1.61 bits per heavy atom. The number of thioether (sulfide) groups is 1. The molecule has 170 valence electrons. The van der Waals surface area contributed by atoms with Crippen molar-refractivity contribution >= 4 is 35.0 Å². The third-order valence-corrected chi connectivity index (χ3v) is 6.45. The van der Waals surface area contributed by atoms with Gasteiger partial charge in [-0.05, 0) is 42.0 Å². The smallest absolute Gasteiger partial charge is 0.255 e. The van der Waals surface area contributed by atoms with Crippen LogP contribution in [0.1, 0.15) is 21.3 Å². The first kappa shape index (κ1) is 22.5. The van der Waals surface area contributed by atoms with E-state index in [1.54, 1.807) is 42.0 Å². The molecule has 1 N–H and O–H groups in total. The molecule has 3 aromatic carbocycles. The molecule has 1 unspecified atom stereocenters.